The number of hydrogen-bond acceptors (Lipinski definition) is 3. The highest BCUT2D eigenvalue weighted by molar-refractivity contribution is 5.93. The van der Waals surface area contributed by atoms with Crippen molar-refractivity contribution in [2.75, 3.05) is 30.3 Å². The van der Waals surface area contributed by atoms with Gasteiger partial charge < -0.3 is 26.0 Å². The summed E-state index contributed by atoms with van der Waals surface area (Å²) in [6, 6.07) is 4.59. The number of benzene rings is 1. The first-order valence-corrected chi connectivity index (χ1v) is 8.35. The average molecular weight is 348 g/mol. The molecule has 0 aromatic heterocycles. The molecule has 0 radical (unpaired) electrons. The summed E-state index contributed by atoms with van der Waals surface area (Å²) in [7, 11) is 0. The Morgan fingerprint density at radius 3 is 2.72 bits per heavy atom. The number of nitrogens with one attached hydrogen (secondary N) is 3. The van der Waals surface area contributed by atoms with Crippen LogP contribution in [0, 0.1) is 12.8 Å². The van der Waals surface area contributed by atoms with Gasteiger partial charge in [-0.2, -0.15) is 0 Å². The highest BCUT2D eigenvalue weighted by Crippen LogP contribution is 2.22. The van der Waals surface area contributed by atoms with Crippen LogP contribution in [-0.2, 0) is 4.79 Å². The zero-order valence-corrected chi connectivity index (χ0v) is 14.5. The Balaban J connectivity index is 2.04. The summed E-state index contributed by atoms with van der Waals surface area (Å²) in [6.07, 6.45) is 1.26. The molecule has 8 heteroatoms. The summed E-state index contributed by atoms with van der Waals surface area (Å²) in [6.45, 7) is 4.93. The molecule has 1 atom stereocenters. The average Bonchev–Trinajstić information content (AvgIpc) is 2.58. The molecule has 1 aliphatic rings. The molecule has 8 nitrogen and oxygen atoms in total. The van der Waals surface area contributed by atoms with E-state index in [1.165, 1.54) is 4.90 Å². The Hall–Kier alpha value is -2.77. The smallest absolute Gasteiger partial charge is 0.321 e. The van der Waals surface area contributed by atoms with E-state index in [2.05, 4.69) is 16.0 Å². The molecular formula is C17H24N4O4. The minimum atomic E-state index is -0.873. The van der Waals surface area contributed by atoms with Crippen LogP contribution in [-0.4, -0.2) is 47.7 Å². The number of carbonyl (C=O) groups excluding carboxylic acids is 2. The molecule has 0 bridgehead atoms. The van der Waals surface area contributed by atoms with Crippen LogP contribution in [0.25, 0.3) is 0 Å². The van der Waals surface area contributed by atoms with Gasteiger partial charge in [0.05, 0.1) is 5.92 Å². The number of hydrogen-bond donors (Lipinski definition) is 4. The number of likely N-dealkylation sites (tertiary alicyclic amines) is 1. The molecule has 0 saturated carbocycles. The first-order chi connectivity index (χ1) is 11.9. The predicted octanol–water partition coefficient (Wildman–Crippen LogP) is 2.46. The van der Waals surface area contributed by atoms with Crippen LogP contribution in [0.3, 0.4) is 0 Å². The normalized spacial score (nSPS) is 16.9. The molecule has 0 spiro atoms. The molecule has 25 heavy (non-hydrogen) atoms. The molecule has 1 fully saturated rings. The maximum Gasteiger partial charge on any atom is 0.321 e. The van der Waals surface area contributed by atoms with Gasteiger partial charge in [-0.15, -0.1) is 0 Å². The van der Waals surface area contributed by atoms with Crippen LogP contribution in [0.4, 0.5) is 21.0 Å². The van der Waals surface area contributed by atoms with Crippen molar-refractivity contribution < 1.29 is 19.5 Å². The van der Waals surface area contributed by atoms with Crippen LogP contribution in [0.1, 0.15) is 25.3 Å². The van der Waals surface area contributed by atoms with Crippen molar-refractivity contribution >= 4 is 29.4 Å². The van der Waals surface area contributed by atoms with E-state index in [-0.39, 0.29) is 18.6 Å². The molecular weight excluding hydrogens is 324 g/mol. The van der Waals surface area contributed by atoms with E-state index in [9.17, 15) is 14.4 Å². The van der Waals surface area contributed by atoms with Gasteiger partial charge in [0.2, 0.25) is 0 Å². The van der Waals surface area contributed by atoms with Crippen LogP contribution in [0.15, 0.2) is 18.2 Å². The van der Waals surface area contributed by atoms with Crippen molar-refractivity contribution in [3.8, 4) is 0 Å². The minimum Gasteiger partial charge on any atom is -0.481 e. The Morgan fingerprint density at radius 2 is 2.04 bits per heavy atom. The van der Waals surface area contributed by atoms with Crippen LogP contribution in [0.2, 0.25) is 0 Å². The number of rotatable bonds is 4. The summed E-state index contributed by atoms with van der Waals surface area (Å²) in [5.74, 6) is -1.40. The summed E-state index contributed by atoms with van der Waals surface area (Å²) in [5, 5.41) is 17.3. The van der Waals surface area contributed by atoms with Gasteiger partial charge in [-0.25, -0.2) is 9.59 Å². The van der Waals surface area contributed by atoms with Gasteiger partial charge in [0, 0.05) is 31.0 Å². The third-order valence-corrected chi connectivity index (χ3v) is 4.13. The Bertz CT molecular complexity index is 662. The monoisotopic (exact) mass is 348 g/mol. The molecule has 0 aliphatic carbocycles. The van der Waals surface area contributed by atoms with Crippen molar-refractivity contribution in [3.63, 3.8) is 0 Å². The van der Waals surface area contributed by atoms with Gasteiger partial charge in [0.15, 0.2) is 0 Å². The van der Waals surface area contributed by atoms with Gasteiger partial charge >= 0.3 is 18.0 Å². The zero-order valence-electron chi connectivity index (χ0n) is 14.5. The van der Waals surface area contributed by atoms with Gasteiger partial charge in [0.25, 0.3) is 0 Å². The topological polar surface area (TPSA) is 111 Å². The number of aliphatic carboxylic acids is 1. The fourth-order valence-corrected chi connectivity index (χ4v) is 2.73. The van der Waals surface area contributed by atoms with Gasteiger partial charge in [-0.3, -0.25) is 4.79 Å². The zero-order chi connectivity index (χ0) is 18.4. The number of amides is 4. The summed E-state index contributed by atoms with van der Waals surface area (Å²) >= 11 is 0. The molecule has 4 amide bonds. The first-order valence-electron chi connectivity index (χ1n) is 8.35. The molecule has 136 valence electrons. The number of carboxylic acids is 1. The molecule has 2 rings (SSSR count). The van der Waals surface area contributed by atoms with Crippen molar-refractivity contribution in [1.29, 1.82) is 0 Å². The number of nitrogens with zero attached hydrogens (tertiary/aromatic N) is 1. The third kappa shape index (κ3) is 5.10. The number of urea groups is 2. The predicted molar refractivity (Wildman–Crippen MR) is 94.8 cm³/mol. The van der Waals surface area contributed by atoms with E-state index < -0.39 is 11.9 Å². The van der Waals surface area contributed by atoms with E-state index in [1.807, 2.05) is 13.8 Å². The highest BCUT2D eigenvalue weighted by Gasteiger charge is 2.28. The van der Waals surface area contributed by atoms with Gasteiger partial charge in [0.1, 0.15) is 0 Å². The van der Waals surface area contributed by atoms with Crippen LogP contribution < -0.4 is 16.0 Å². The standard InChI is InChI=1S/C17H24N4O4/c1-3-18-16(24)19-13-7-6-11(2)14(9-13)20-17(25)21-8-4-5-12(10-21)15(22)23/h6-7,9,12H,3-5,8,10H2,1-2H3,(H,20,25)(H,22,23)(H2,18,19,24). The van der Waals surface area contributed by atoms with E-state index in [0.717, 1.165) is 5.56 Å². The lowest BCUT2D eigenvalue weighted by atomic mass is 9.99. The lowest BCUT2D eigenvalue weighted by molar-refractivity contribution is -0.143. The van der Waals surface area contributed by atoms with Crippen LogP contribution >= 0.6 is 0 Å². The fourth-order valence-electron chi connectivity index (χ4n) is 2.73. The fraction of sp³-hybridized carbons (Fsp3) is 0.471. The van der Waals surface area contributed by atoms with E-state index >= 15 is 0 Å². The van der Waals surface area contributed by atoms with Gasteiger partial charge in [-0.1, -0.05) is 6.07 Å². The lowest BCUT2D eigenvalue weighted by Crippen LogP contribution is -2.44. The molecule has 4 N–H and O–H groups in total. The number of carbonyl (C=O) groups is 3. The molecule has 1 aliphatic heterocycles. The molecule has 1 saturated heterocycles. The summed E-state index contributed by atoms with van der Waals surface area (Å²) in [4.78, 5) is 36.7. The second-order valence-electron chi connectivity index (χ2n) is 6.07. The quantitative estimate of drug-likeness (QED) is 0.670. The Kier molecular flexibility index (Phi) is 6.21. The Labute approximate surface area is 146 Å². The van der Waals surface area contributed by atoms with E-state index in [1.54, 1.807) is 18.2 Å². The maximum absolute atomic E-state index is 12.4. The molecule has 1 unspecified atom stereocenters. The lowest BCUT2D eigenvalue weighted by Gasteiger charge is -2.31. The van der Waals surface area contributed by atoms with Crippen molar-refractivity contribution in [1.82, 2.24) is 10.2 Å². The summed E-state index contributed by atoms with van der Waals surface area (Å²) in [5.41, 5.74) is 1.99. The largest absolute Gasteiger partial charge is 0.481 e. The minimum absolute atomic E-state index is 0.205. The maximum atomic E-state index is 12.4. The number of aryl methyl sites for hydroxylation is 1. The van der Waals surface area contributed by atoms with Gasteiger partial charge in [-0.05, 0) is 44.4 Å². The molecule has 1 aromatic carbocycles. The number of carboxylic acid groups (broad SMARTS) is 1. The SMILES string of the molecule is CCNC(=O)Nc1ccc(C)c(NC(=O)N2CCCC(C(=O)O)C2)c1. The van der Waals surface area contributed by atoms with Crippen molar-refractivity contribution in [2.24, 2.45) is 5.92 Å². The highest BCUT2D eigenvalue weighted by atomic mass is 16.4. The van der Waals surface area contributed by atoms with Crippen LogP contribution in [0.5, 0.6) is 0 Å². The number of anilines is 2. The Morgan fingerprint density at radius 1 is 1.28 bits per heavy atom. The van der Waals surface area contributed by atoms with Crippen molar-refractivity contribution in [3.05, 3.63) is 23.8 Å². The van der Waals surface area contributed by atoms with E-state index in [4.69, 9.17) is 5.11 Å². The number of piperidine rings is 1. The second kappa shape index (κ2) is 8.36. The van der Waals surface area contributed by atoms with E-state index in [0.29, 0.717) is 37.3 Å². The molecule has 1 aromatic rings. The second-order valence-corrected chi connectivity index (χ2v) is 6.07. The summed E-state index contributed by atoms with van der Waals surface area (Å²) < 4.78 is 0. The van der Waals surface area contributed by atoms with Crippen molar-refractivity contribution in [2.45, 2.75) is 26.7 Å². The third-order valence-electron chi connectivity index (χ3n) is 4.13. The molecule has 1 heterocycles. The first kappa shape index (κ1) is 18.6.